The summed E-state index contributed by atoms with van der Waals surface area (Å²) in [4.78, 5) is 0. The Labute approximate surface area is 141 Å². The number of rotatable bonds is 4. The van der Waals surface area contributed by atoms with Crippen LogP contribution in [0.25, 0.3) is 16.8 Å². The fraction of sp³-hybridized carbons (Fsp3) is 0.0526. The van der Waals surface area contributed by atoms with Gasteiger partial charge in [0.25, 0.3) is 10.0 Å². The minimum absolute atomic E-state index is 0.0874. The van der Waals surface area contributed by atoms with E-state index < -0.39 is 10.0 Å². The first kappa shape index (κ1) is 16.1. The van der Waals surface area contributed by atoms with Crippen LogP contribution in [-0.4, -0.2) is 13.5 Å². The molecule has 0 aliphatic rings. The van der Waals surface area contributed by atoms with E-state index in [1.165, 1.54) is 6.07 Å². The molecule has 3 aromatic rings. The molecule has 0 unspecified atom stereocenters. The van der Waals surface area contributed by atoms with E-state index in [1.54, 1.807) is 30.3 Å². The summed E-state index contributed by atoms with van der Waals surface area (Å²) in [6, 6.07) is 17.7. The fourth-order valence-corrected chi connectivity index (χ4v) is 3.27. The Bertz CT molecular complexity index is 1010. The van der Waals surface area contributed by atoms with Crippen LogP contribution in [0.3, 0.4) is 0 Å². The number of fused-ring (bicyclic) bond motifs is 1. The van der Waals surface area contributed by atoms with Gasteiger partial charge in [-0.3, -0.25) is 4.72 Å². The zero-order valence-electron chi connectivity index (χ0n) is 13.1. The summed E-state index contributed by atoms with van der Waals surface area (Å²) < 4.78 is 27.2. The summed E-state index contributed by atoms with van der Waals surface area (Å²) in [7, 11) is -3.66. The van der Waals surface area contributed by atoms with Crippen molar-refractivity contribution in [1.82, 2.24) is 0 Å². The molecule has 0 atom stereocenters. The first-order chi connectivity index (χ1) is 11.4. The molecule has 5 heteroatoms. The van der Waals surface area contributed by atoms with E-state index in [0.717, 1.165) is 21.9 Å². The van der Waals surface area contributed by atoms with Crippen LogP contribution in [0.1, 0.15) is 11.1 Å². The highest BCUT2D eigenvalue weighted by Gasteiger charge is 2.09. The lowest BCUT2D eigenvalue weighted by molar-refractivity contribution is 0.476. The van der Waals surface area contributed by atoms with E-state index in [4.69, 9.17) is 0 Å². The molecule has 3 aromatic carbocycles. The van der Waals surface area contributed by atoms with Gasteiger partial charge in [0, 0.05) is 5.39 Å². The van der Waals surface area contributed by atoms with Crippen molar-refractivity contribution in [2.45, 2.75) is 6.92 Å². The third kappa shape index (κ3) is 3.75. The van der Waals surface area contributed by atoms with Crippen molar-refractivity contribution in [3.05, 3.63) is 77.2 Å². The molecule has 0 aliphatic heterocycles. The van der Waals surface area contributed by atoms with Crippen molar-refractivity contribution in [1.29, 1.82) is 0 Å². The molecule has 3 rings (SSSR count). The summed E-state index contributed by atoms with van der Waals surface area (Å²) in [5.41, 5.74) is 2.35. The zero-order chi connectivity index (χ0) is 17.2. The van der Waals surface area contributed by atoms with Crippen molar-refractivity contribution < 1.29 is 13.5 Å². The molecule has 0 fully saturated rings. The maximum atomic E-state index is 12.3. The van der Waals surface area contributed by atoms with Crippen LogP contribution in [-0.2, 0) is 10.0 Å². The van der Waals surface area contributed by atoms with Crippen molar-refractivity contribution in [2.75, 3.05) is 4.72 Å². The number of hydrogen-bond donors (Lipinski definition) is 2. The normalized spacial score (nSPS) is 11.9. The number of phenols is 1. The van der Waals surface area contributed by atoms with Gasteiger partial charge in [0.1, 0.15) is 5.75 Å². The van der Waals surface area contributed by atoms with E-state index in [0.29, 0.717) is 11.1 Å². The lowest BCUT2D eigenvalue weighted by atomic mass is 10.1. The Hall–Kier alpha value is -2.79. The highest BCUT2D eigenvalue weighted by molar-refractivity contribution is 7.95. The van der Waals surface area contributed by atoms with E-state index >= 15 is 0 Å². The lowest BCUT2D eigenvalue weighted by Gasteiger charge is -2.08. The van der Waals surface area contributed by atoms with Gasteiger partial charge < -0.3 is 5.11 Å². The molecule has 0 heterocycles. The predicted molar refractivity (Wildman–Crippen MR) is 98.4 cm³/mol. The lowest BCUT2D eigenvalue weighted by Crippen LogP contribution is -2.09. The van der Waals surface area contributed by atoms with Gasteiger partial charge in [-0.05, 0) is 42.1 Å². The van der Waals surface area contributed by atoms with Crippen molar-refractivity contribution >= 4 is 32.6 Å². The van der Waals surface area contributed by atoms with Gasteiger partial charge in [-0.25, -0.2) is 8.42 Å². The second-order valence-corrected chi connectivity index (χ2v) is 7.14. The van der Waals surface area contributed by atoms with Gasteiger partial charge in [-0.2, -0.15) is 0 Å². The maximum Gasteiger partial charge on any atom is 0.255 e. The topological polar surface area (TPSA) is 66.4 Å². The van der Waals surface area contributed by atoms with Gasteiger partial charge in [0.2, 0.25) is 0 Å². The standard InChI is InChI=1S/C19H17NO3S/c1-14-5-7-15(8-6-14)11-12-24(22,23)20-19-4-2-3-16-9-10-17(21)13-18(16)19/h2-13,20-21H,1H3/b12-11+. The Morgan fingerprint density at radius 2 is 1.75 bits per heavy atom. The molecular formula is C19H17NO3S. The van der Waals surface area contributed by atoms with Crippen molar-refractivity contribution in [3.8, 4) is 5.75 Å². The van der Waals surface area contributed by atoms with Gasteiger partial charge in [0.05, 0.1) is 11.1 Å². The minimum Gasteiger partial charge on any atom is -0.508 e. The molecule has 0 amide bonds. The second-order valence-electron chi connectivity index (χ2n) is 5.57. The second kappa shape index (κ2) is 6.37. The number of sulfonamides is 1. The van der Waals surface area contributed by atoms with Crippen LogP contribution in [0.5, 0.6) is 5.75 Å². The third-order valence-corrected chi connectivity index (χ3v) is 4.63. The predicted octanol–water partition coefficient (Wildman–Crippen LogP) is 4.27. The van der Waals surface area contributed by atoms with Gasteiger partial charge in [0.15, 0.2) is 0 Å². The highest BCUT2D eigenvalue weighted by Crippen LogP contribution is 2.27. The molecular weight excluding hydrogens is 322 g/mol. The number of aromatic hydroxyl groups is 1. The molecule has 0 aliphatic carbocycles. The number of aryl methyl sites for hydroxylation is 1. The fourth-order valence-electron chi connectivity index (χ4n) is 2.38. The SMILES string of the molecule is Cc1ccc(/C=C/S(=O)(=O)Nc2cccc3ccc(O)cc23)cc1. The van der Waals surface area contributed by atoms with E-state index in [9.17, 15) is 13.5 Å². The van der Waals surface area contributed by atoms with Gasteiger partial charge in [-0.15, -0.1) is 0 Å². The van der Waals surface area contributed by atoms with Crippen molar-refractivity contribution in [2.24, 2.45) is 0 Å². The molecule has 0 bridgehead atoms. The van der Waals surface area contributed by atoms with Crippen LogP contribution in [0, 0.1) is 6.92 Å². The Balaban J connectivity index is 1.89. The van der Waals surface area contributed by atoms with E-state index in [-0.39, 0.29) is 5.75 Å². The monoisotopic (exact) mass is 339 g/mol. The molecule has 24 heavy (non-hydrogen) atoms. The summed E-state index contributed by atoms with van der Waals surface area (Å²) in [6.07, 6.45) is 1.55. The molecule has 0 spiro atoms. The van der Waals surface area contributed by atoms with Crippen LogP contribution in [0.15, 0.2) is 66.1 Å². The summed E-state index contributed by atoms with van der Waals surface area (Å²) in [6.45, 7) is 1.97. The average Bonchev–Trinajstić information content (AvgIpc) is 2.55. The number of nitrogens with one attached hydrogen (secondary N) is 1. The largest absolute Gasteiger partial charge is 0.508 e. The molecule has 2 N–H and O–H groups in total. The Kier molecular flexibility index (Phi) is 4.27. The van der Waals surface area contributed by atoms with Crippen LogP contribution < -0.4 is 4.72 Å². The maximum absolute atomic E-state index is 12.3. The highest BCUT2D eigenvalue weighted by atomic mass is 32.2. The Morgan fingerprint density at radius 3 is 2.50 bits per heavy atom. The van der Waals surface area contributed by atoms with Crippen LogP contribution in [0.4, 0.5) is 5.69 Å². The van der Waals surface area contributed by atoms with Crippen LogP contribution in [0.2, 0.25) is 0 Å². The first-order valence-electron chi connectivity index (χ1n) is 7.42. The zero-order valence-corrected chi connectivity index (χ0v) is 13.9. The number of phenolic OH excluding ortho intramolecular Hbond substituents is 1. The quantitative estimate of drug-likeness (QED) is 0.746. The molecule has 0 radical (unpaired) electrons. The molecule has 0 saturated heterocycles. The first-order valence-corrected chi connectivity index (χ1v) is 8.97. The molecule has 122 valence electrons. The van der Waals surface area contributed by atoms with Gasteiger partial charge >= 0.3 is 0 Å². The van der Waals surface area contributed by atoms with Gasteiger partial charge in [-0.1, -0.05) is 48.0 Å². The van der Waals surface area contributed by atoms with Crippen LogP contribution >= 0.6 is 0 Å². The summed E-state index contributed by atoms with van der Waals surface area (Å²) >= 11 is 0. The molecule has 0 aromatic heterocycles. The number of anilines is 1. The average molecular weight is 339 g/mol. The number of benzene rings is 3. The van der Waals surface area contributed by atoms with E-state index in [2.05, 4.69) is 4.72 Å². The summed E-state index contributed by atoms with van der Waals surface area (Å²) in [5, 5.41) is 12.3. The smallest absolute Gasteiger partial charge is 0.255 e. The van der Waals surface area contributed by atoms with E-state index in [1.807, 2.05) is 37.3 Å². The number of hydrogen-bond acceptors (Lipinski definition) is 3. The van der Waals surface area contributed by atoms with Crippen molar-refractivity contribution in [3.63, 3.8) is 0 Å². The molecule has 0 saturated carbocycles. The minimum atomic E-state index is -3.66. The Morgan fingerprint density at radius 1 is 1.00 bits per heavy atom. The summed E-state index contributed by atoms with van der Waals surface area (Å²) in [5.74, 6) is 0.0874. The third-order valence-electron chi connectivity index (χ3n) is 3.63. The molecule has 4 nitrogen and oxygen atoms in total.